The molecule has 2 aliphatic rings. The third-order valence-electron chi connectivity index (χ3n) is 5.26. The molecule has 1 fully saturated rings. The zero-order valence-electron chi connectivity index (χ0n) is 15.6. The van der Waals surface area contributed by atoms with Gasteiger partial charge < -0.3 is 14.5 Å². The Morgan fingerprint density at radius 1 is 1.12 bits per heavy atom. The summed E-state index contributed by atoms with van der Waals surface area (Å²) in [6.45, 7) is 9.53. The zero-order chi connectivity index (χ0) is 17.6. The van der Waals surface area contributed by atoms with Crippen LogP contribution in [0.25, 0.3) is 0 Å². The fourth-order valence-corrected chi connectivity index (χ4v) is 3.98. The molecule has 0 aromatic heterocycles. The summed E-state index contributed by atoms with van der Waals surface area (Å²) in [6, 6.07) is 8.33. The molecule has 0 unspecified atom stereocenters. The summed E-state index contributed by atoms with van der Waals surface area (Å²) in [6.07, 6.45) is 2.15. The minimum atomic E-state index is 0.244. The number of benzene rings is 1. The minimum absolute atomic E-state index is 0.244. The lowest BCUT2D eigenvalue weighted by Gasteiger charge is -2.37. The van der Waals surface area contributed by atoms with E-state index in [1.807, 2.05) is 11.0 Å². The number of nitrogens with zero attached hydrogens (tertiary/aromatic N) is 3. The van der Waals surface area contributed by atoms with Gasteiger partial charge in [0.15, 0.2) is 0 Å². The molecule has 1 amide bonds. The molecule has 1 atom stereocenters. The Hall–Kier alpha value is -1.43. The van der Waals surface area contributed by atoms with E-state index in [0.717, 1.165) is 64.4 Å². The van der Waals surface area contributed by atoms with Crippen molar-refractivity contribution in [3.63, 3.8) is 0 Å². The fraction of sp³-hybridized carbons (Fsp3) is 0.650. The van der Waals surface area contributed by atoms with Crippen LogP contribution in [0.2, 0.25) is 0 Å². The number of aryl methyl sites for hydroxylation is 1. The molecule has 2 aliphatic heterocycles. The van der Waals surface area contributed by atoms with Crippen molar-refractivity contribution in [3.8, 4) is 0 Å². The van der Waals surface area contributed by atoms with E-state index >= 15 is 0 Å². The lowest BCUT2D eigenvalue weighted by Crippen LogP contribution is -2.51. The molecule has 25 heavy (non-hydrogen) atoms. The van der Waals surface area contributed by atoms with Gasteiger partial charge in [0.1, 0.15) is 0 Å². The van der Waals surface area contributed by atoms with Crippen LogP contribution in [0, 0.1) is 5.92 Å². The standard InChI is InChI=1S/C20H31N3O2/c1-17(16-25-2)14-21-10-12-22(13-11-21)15-20(24)23-9-5-7-18-6-3-4-8-19(18)23/h3-4,6,8,17H,5,7,9-16H2,1-2H3/t17-/m0/s1. The van der Waals surface area contributed by atoms with Crippen LogP contribution in [0.15, 0.2) is 24.3 Å². The van der Waals surface area contributed by atoms with Gasteiger partial charge in [-0.25, -0.2) is 0 Å². The number of carbonyl (C=O) groups excluding carboxylic acids is 1. The normalized spacial score (nSPS) is 20.3. The summed E-state index contributed by atoms with van der Waals surface area (Å²) in [5, 5.41) is 0. The maximum atomic E-state index is 12.8. The second-order valence-corrected chi connectivity index (χ2v) is 7.41. The summed E-state index contributed by atoms with van der Waals surface area (Å²) in [4.78, 5) is 19.6. The summed E-state index contributed by atoms with van der Waals surface area (Å²) in [5.74, 6) is 0.802. The van der Waals surface area contributed by atoms with E-state index in [1.165, 1.54) is 5.56 Å². The van der Waals surface area contributed by atoms with Crippen LogP contribution in [-0.2, 0) is 16.0 Å². The molecule has 1 aromatic rings. The molecular formula is C20H31N3O2. The average molecular weight is 345 g/mol. The third-order valence-corrected chi connectivity index (χ3v) is 5.26. The molecule has 138 valence electrons. The van der Waals surface area contributed by atoms with Gasteiger partial charge in [-0.2, -0.15) is 0 Å². The van der Waals surface area contributed by atoms with Gasteiger partial charge in [-0.3, -0.25) is 9.69 Å². The highest BCUT2D eigenvalue weighted by Gasteiger charge is 2.25. The van der Waals surface area contributed by atoms with E-state index < -0.39 is 0 Å². The Labute approximate surface area is 151 Å². The molecular weight excluding hydrogens is 314 g/mol. The average Bonchev–Trinajstić information content (AvgIpc) is 2.63. The number of ether oxygens (including phenoxy) is 1. The second kappa shape index (κ2) is 8.79. The van der Waals surface area contributed by atoms with Gasteiger partial charge in [0.25, 0.3) is 0 Å². The number of rotatable bonds is 6. The van der Waals surface area contributed by atoms with Gasteiger partial charge in [-0.1, -0.05) is 25.1 Å². The van der Waals surface area contributed by atoms with Gasteiger partial charge in [-0.15, -0.1) is 0 Å². The number of piperazine rings is 1. The number of amides is 1. The van der Waals surface area contributed by atoms with Crippen LogP contribution in [0.5, 0.6) is 0 Å². The molecule has 0 radical (unpaired) electrons. The highest BCUT2D eigenvalue weighted by atomic mass is 16.5. The van der Waals surface area contributed by atoms with Crippen molar-refractivity contribution in [2.75, 3.05) is 64.4 Å². The summed E-state index contributed by atoms with van der Waals surface area (Å²) >= 11 is 0. The molecule has 1 aromatic carbocycles. The molecule has 2 heterocycles. The summed E-state index contributed by atoms with van der Waals surface area (Å²) < 4.78 is 5.23. The number of para-hydroxylation sites is 1. The number of hydrogen-bond acceptors (Lipinski definition) is 4. The van der Waals surface area contributed by atoms with Crippen LogP contribution in [0.3, 0.4) is 0 Å². The number of anilines is 1. The predicted octanol–water partition coefficient (Wildman–Crippen LogP) is 1.87. The third kappa shape index (κ3) is 4.81. The predicted molar refractivity (Wildman–Crippen MR) is 101 cm³/mol. The number of carbonyl (C=O) groups is 1. The van der Waals surface area contributed by atoms with Crippen molar-refractivity contribution in [2.24, 2.45) is 5.92 Å². The van der Waals surface area contributed by atoms with Crippen LogP contribution >= 0.6 is 0 Å². The van der Waals surface area contributed by atoms with Crippen LogP contribution in [-0.4, -0.2) is 75.2 Å². The van der Waals surface area contributed by atoms with Crippen molar-refractivity contribution in [2.45, 2.75) is 19.8 Å². The van der Waals surface area contributed by atoms with E-state index in [1.54, 1.807) is 7.11 Å². The van der Waals surface area contributed by atoms with E-state index in [4.69, 9.17) is 4.74 Å². The molecule has 0 saturated carbocycles. The van der Waals surface area contributed by atoms with Crippen molar-refractivity contribution >= 4 is 11.6 Å². The highest BCUT2D eigenvalue weighted by Crippen LogP contribution is 2.26. The van der Waals surface area contributed by atoms with Gasteiger partial charge in [0.2, 0.25) is 5.91 Å². The summed E-state index contributed by atoms with van der Waals surface area (Å²) in [7, 11) is 1.76. The maximum Gasteiger partial charge on any atom is 0.241 e. The first-order chi connectivity index (χ1) is 12.2. The number of fused-ring (bicyclic) bond motifs is 1. The molecule has 5 nitrogen and oxygen atoms in total. The lowest BCUT2D eigenvalue weighted by molar-refractivity contribution is -0.120. The maximum absolute atomic E-state index is 12.8. The van der Waals surface area contributed by atoms with E-state index in [-0.39, 0.29) is 5.91 Å². The van der Waals surface area contributed by atoms with Crippen molar-refractivity contribution < 1.29 is 9.53 Å². The van der Waals surface area contributed by atoms with Crippen molar-refractivity contribution in [1.29, 1.82) is 0 Å². The highest BCUT2D eigenvalue weighted by molar-refractivity contribution is 5.95. The zero-order valence-corrected chi connectivity index (χ0v) is 15.6. The van der Waals surface area contributed by atoms with Crippen molar-refractivity contribution in [3.05, 3.63) is 29.8 Å². The molecule has 0 spiro atoms. The Morgan fingerprint density at radius 2 is 1.84 bits per heavy atom. The smallest absolute Gasteiger partial charge is 0.241 e. The van der Waals surface area contributed by atoms with Crippen molar-refractivity contribution in [1.82, 2.24) is 9.80 Å². The quantitative estimate of drug-likeness (QED) is 0.789. The molecule has 0 bridgehead atoms. The van der Waals surface area contributed by atoms with Crippen LogP contribution < -0.4 is 4.90 Å². The van der Waals surface area contributed by atoms with E-state index in [9.17, 15) is 4.79 Å². The first-order valence-electron chi connectivity index (χ1n) is 9.49. The SMILES string of the molecule is COC[C@@H](C)CN1CCN(CC(=O)N2CCCc3ccccc32)CC1. The Morgan fingerprint density at radius 3 is 2.60 bits per heavy atom. The van der Waals surface area contributed by atoms with Crippen LogP contribution in [0.4, 0.5) is 5.69 Å². The first kappa shape index (κ1) is 18.4. The van der Waals surface area contributed by atoms with Gasteiger partial charge in [-0.05, 0) is 30.4 Å². The van der Waals surface area contributed by atoms with E-state index in [0.29, 0.717) is 12.5 Å². The second-order valence-electron chi connectivity index (χ2n) is 7.41. The van der Waals surface area contributed by atoms with Gasteiger partial charge in [0.05, 0.1) is 6.54 Å². The Balaban J connectivity index is 1.49. The number of methoxy groups -OCH3 is 1. The number of hydrogen-bond donors (Lipinski definition) is 0. The monoisotopic (exact) mass is 345 g/mol. The fourth-order valence-electron chi connectivity index (χ4n) is 3.98. The summed E-state index contributed by atoms with van der Waals surface area (Å²) in [5.41, 5.74) is 2.42. The molecule has 5 heteroatoms. The van der Waals surface area contributed by atoms with Gasteiger partial charge >= 0.3 is 0 Å². The Bertz CT molecular complexity index is 570. The first-order valence-corrected chi connectivity index (χ1v) is 9.49. The lowest BCUT2D eigenvalue weighted by atomic mass is 10.0. The van der Waals surface area contributed by atoms with Crippen LogP contribution in [0.1, 0.15) is 18.9 Å². The topological polar surface area (TPSA) is 36.0 Å². The largest absolute Gasteiger partial charge is 0.384 e. The van der Waals surface area contributed by atoms with Gasteiger partial charge in [0, 0.05) is 58.7 Å². The van der Waals surface area contributed by atoms with E-state index in [2.05, 4.69) is 34.9 Å². The minimum Gasteiger partial charge on any atom is -0.384 e. The molecule has 3 rings (SSSR count). The molecule has 0 N–H and O–H groups in total. The Kier molecular flexibility index (Phi) is 6.45. The molecule has 0 aliphatic carbocycles. The molecule has 1 saturated heterocycles.